The molecule has 0 fully saturated rings. The van der Waals surface area contributed by atoms with Crippen LogP contribution in [0.25, 0.3) is 0 Å². The Kier molecular flexibility index (Phi) is 4.28. The Bertz CT molecular complexity index is 390. The normalized spacial score (nSPS) is 15.4. The average molecular weight is 245 g/mol. The van der Waals surface area contributed by atoms with Gasteiger partial charge in [0.1, 0.15) is 12.1 Å². The molecule has 0 spiro atoms. The van der Waals surface area contributed by atoms with E-state index in [1.165, 1.54) is 18.2 Å². The van der Waals surface area contributed by atoms with Crippen molar-refractivity contribution < 1.29 is 18.0 Å². The molecule has 17 heavy (non-hydrogen) atoms. The molecule has 1 aromatic rings. The van der Waals surface area contributed by atoms with E-state index >= 15 is 0 Å². The Hall–Kier alpha value is -1.36. The van der Waals surface area contributed by atoms with Crippen LogP contribution < -0.4 is 5.73 Å². The number of hydrogen-bond acceptors (Lipinski definition) is 2. The summed E-state index contributed by atoms with van der Waals surface area (Å²) in [6, 6.07) is 4.76. The van der Waals surface area contributed by atoms with Gasteiger partial charge in [-0.05, 0) is 12.5 Å². The summed E-state index contributed by atoms with van der Waals surface area (Å²) in [4.78, 5) is 10.6. The lowest BCUT2D eigenvalue weighted by Gasteiger charge is -2.22. The molecule has 0 bridgehead atoms. The quantitative estimate of drug-likeness (QED) is 0.810. The predicted octanol–water partition coefficient (Wildman–Crippen LogP) is 2.69. The van der Waals surface area contributed by atoms with E-state index < -0.39 is 23.7 Å². The van der Waals surface area contributed by atoms with Gasteiger partial charge in [0, 0.05) is 18.5 Å². The maximum absolute atomic E-state index is 13.3. The third-order valence-corrected chi connectivity index (χ3v) is 2.63. The molecule has 0 heterocycles. The Labute approximate surface area is 97.6 Å². The number of aldehydes is 1. The molecule has 0 aromatic heterocycles. The molecule has 1 rings (SSSR count). The minimum Gasteiger partial charge on any atom is -0.324 e. The molecule has 0 aliphatic carbocycles. The molecule has 2 N–H and O–H groups in total. The fourth-order valence-electron chi connectivity index (χ4n) is 1.56. The number of nitrogens with two attached hydrogens (primary N) is 1. The lowest BCUT2D eigenvalue weighted by molar-refractivity contribution is -0.123. The summed E-state index contributed by atoms with van der Waals surface area (Å²) in [5.41, 5.74) is 5.78. The largest absolute Gasteiger partial charge is 0.324 e. The van der Waals surface area contributed by atoms with Gasteiger partial charge < -0.3 is 10.5 Å². The zero-order valence-corrected chi connectivity index (χ0v) is 9.37. The summed E-state index contributed by atoms with van der Waals surface area (Å²) >= 11 is 0. The molecule has 2 atom stereocenters. The maximum Gasteiger partial charge on any atom is 0.254 e. The first-order chi connectivity index (χ1) is 7.86. The number of benzene rings is 1. The second-order valence-corrected chi connectivity index (χ2v) is 4.06. The second kappa shape index (κ2) is 5.31. The molecule has 0 saturated carbocycles. The molecule has 5 heteroatoms. The van der Waals surface area contributed by atoms with E-state index in [9.17, 15) is 18.0 Å². The van der Waals surface area contributed by atoms with Gasteiger partial charge in [0.15, 0.2) is 0 Å². The van der Waals surface area contributed by atoms with E-state index in [0.717, 1.165) is 0 Å². The SMILES string of the molecule is CC(F)(F)C(C=O)CC(N)c1ccccc1F. The molecule has 2 unspecified atom stereocenters. The van der Waals surface area contributed by atoms with Gasteiger partial charge in [-0.15, -0.1) is 0 Å². The lowest BCUT2D eigenvalue weighted by Crippen LogP contribution is -2.29. The van der Waals surface area contributed by atoms with Crippen molar-refractivity contribution in [2.45, 2.75) is 25.3 Å². The number of rotatable bonds is 5. The fraction of sp³-hybridized carbons (Fsp3) is 0.417. The third kappa shape index (κ3) is 3.56. The number of hydrogen-bond donors (Lipinski definition) is 1. The highest BCUT2D eigenvalue weighted by atomic mass is 19.3. The van der Waals surface area contributed by atoms with Crippen LogP contribution in [0, 0.1) is 11.7 Å². The first-order valence-corrected chi connectivity index (χ1v) is 5.19. The van der Waals surface area contributed by atoms with Gasteiger partial charge in [-0.2, -0.15) is 0 Å². The van der Waals surface area contributed by atoms with E-state index in [0.29, 0.717) is 6.92 Å². The molecule has 0 radical (unpaired) electrons. The number of alkyl halides is 2. The van der Waals surface area contributed by atoms with Crippen molar-refractivity contribution in [3.63, 3.8) is 0 Å². The summed E-state index contributed by atoms with van der Waals surface area (Å²) in [6.07, 6.45) is -0.116. The Balaban J connectivity index is 2.82. The Morgan fingerprint density at radius 3 is 2.47 bits per heavy atom. The van der Waals surface area contributed by atoms with Crippen LogP contribution in [0.2, 0.25) is 0 Å². The van der Waals surface area contributed by atoms with Crippen molar-refractivity contribution in [2.24, 2.45) is 11.7 Å². The molecular weight excluding hydrogens is 231 g/mol. The highest BCUT2D eigenvalue weighted by molar-refractivity contribution is 5.55. The van der Waals surface area contributed by atoms with Crippen molar-refractivity contribution in [2.75, 3.05) is 0 Å². The van der Waals surface area contributed by atoms with Crippen LogP contribution in [-0.4, -0.2) is 12.2 Å². The van der Waals surface area contributed by atoms with Crippen LogP contribution in [0.3, 0.4) is 0 Å². The number of halogens is 3. The average Bonchev–Trinajstić information content (AvgIpc) is 2.24. The van der Waals surface area contributed by atoms with E-state index in [2.05, 4.69) is 0 Å². The maximum atomic E-state index is 13.3. The van der Waals surface area contributed by atoms with Crippen LogP contribution in [0.1, 0.15) is 24.9 Å². The van der Waals surface area contributed by atoms with Gasteiger partial charge >= 0.3 is 0 Å². The van der Waals surface area contributed by atoms with Crippen molar-refractivity contribution in [3.05, 3.63) is 35.6 Å². The topological polar surface area (TPSA) is 43.1 Å². The molecule has 0 saturated heterocycles. The molecule has 2 nitrogen and oxygen atoms in total. The van der Waals surface area contributed by atoms with Crippen LogP contribution in [0.5, 0.6) is 0 Å². The minimum absolute atomic E-state index is 0.142. The fourth-order valence-corrected chi connectivity index (χ4v) is 1.56. The predicted molar refractivity (Wildman–Crippen MR) is 58.1 cm³/mol. The van der Waals surface area contributed by atoms with E-state index in [1.807, 2.05) is 0 Å². The Morgan fingerprint density at radius 2 is 2.00 bits per heavy atom. The monoisotopic (exact) mass is 245 g/mol. The van der Waals surface area contributed by atoms with Gasteiger partial charge in [-0.1, -0.05) is 18.2 Å². The van der Waals surface area contributed by atoms with Gasteiger partial charge in [-0.3, -0.25) is 0 Å². The number of carbonyl (C=O) groups is 1. The third-order valence-electron chi connectivity index (χ3n) is 2.63. The smallest absolute Gasteiger partial charge is 0.254 e. The zero-order chi connectivity index (χ0) is 13.1. The molecule has 0 aliphatic rings. The molecule has 0 aliphatic heterocycles. The van der Waals surface area contributed by atoms with Crippen LogP contribution in [-0.2, 0) is 4.79 Å². The second-order valence-electron chi connectivity index (χ2n) is 4.06. The van der Waals surface area contributed by atoms with Crippen LogP contribution >= 0.6 is 0 Å². The first kappa shape index (κ1) is 13.7. The van der Waals surface area contributed by atoms with E-state index in [4.69, 9.17) is 5.73 Å². The van der Waals surface area contributed by atoms with Gasteiger partial charge in [0.25, 0.3) is 5.92 Å². The van der Waals surface area contributed by atoms with Crippen molar-refractivity contribution in [1.29, 1.82) is 0 Å². The lowest BCUT2D eigenvalue weighted by atomic mass is 9.92. The highest BCUT2D eigenvalue weighted by Crippen LogP contribution is 2.30. The van der Waals surface area contributed by atoms with Crippen LogP contribution in [0.4, 0.5) is 13.2 Å². The van der Waals surface area contributed by atoms with E-state index in [1.54, 1.807) is 6.07 Å². The van der Waals surface area contributed by atoms with Gasteiger partial charge in [-0.25, -0.2) is 13.2 Å². The molecule has 1 aromatic carbocycles. The van der Waals surface area contributed by atoms with Crippen molar-refractivity contribution in [3.8, 4) is 0 Å². The van der Waals surface area contributed by atoms with E-state index in [-0.39, 0.29) is 18.3 Å². The summed E-state index contributed by atoms with van der Waals surface area (Å²) in [5.74, 6) is -5.20. The Morgan fingerprint density at radius 1 is 1.41 bits per heavy atom. The summed E-state index contributed by atoms with van der Waals surface area (Å²) in [7, 11) is 0. The molecule has 94 valence electrons. The summed E-state index contributed by atoms with van der Waals surface area (Å²) < 4.78 is 39.3. The highest BCUT2D eigenvalue weighted by Gasteiger charge is 2.35. The zero-order valence-electron chi connectivity index (χ0n) is 9.37. The van der Waals surface area contributed by atoms with Crippen molar-refractivity contribution >= 4 is 6.29 Å². The molecule has 0 amide bonds. The van der Waals surface area contributed by atoms with Crippen LogP contribution in [0.15, 0.2) is 24.3 Å². The summed E-state index contributed by atoms with van der Waals surface area (Å²) in [5, 5.41) is 0. The minimum atomic E-state index is -3.15. The van der Waals surface area contributed by atoms with Gasteiger partial charge in [0.2, 0.25) is 0 Å². The van der Waals surface area contributed by atoms with Crippen molar-refractivity contribution in [1.82, 2.24) is 0 Å². The number of carbonyl (C=O) groups excluding carboxylic acids is 1. The first-order valence-electron chi connectivity index (χ1n) is 5.19. The summed E-state index contributed by atoms with van der Waals surface area (Å²) in [6.45, 7) is 0.653. The molecular formula is C12H14F3NO. The van der Waals surface area contributed by atoms with Gasteiger partial charge in [0.05, 0.1) is 5.92 Å². The standard InChI is InChI=1S/C12H14F3NO/c1-12(14,15)8(7-17)6-11(16)9-4-2-3-5-10(9)13/h2-5,7-8,11H,6,16H2,1H3.